The maximum absolute atomic E-state index is 12.3. The smallest absolute Gasteiger partial charge is 0.234 e. The number of amides is 1. The van der Waals surface area contributed by atoms with Crippen LogP contribution < -0.4 is 5.32 Å². The normalized spacial score (nSPS) is 28.6. The molecular formula is C18H33N3O2. The van der Waals surface area contributed by atoms with E-state index in [1.165, 1.54) is 51.4 Å². The summed E-state index contributed by atoms with van der Waals surface area (Å²) in [7, 11) is 0. The summed E-state index contributed by atoms with van der Waals surface area (Å²) in [5, 5.41) is 3.26. The summed E-state index contributed by atoms with van der Waals surface area (Å²) in [6.45, 7) is 6.72. The summed E-state index contributed by atoms with van der Waals surface area (Å²) in [6, 6.07) is 0.422. The van der Waals surface area contributed by atoms with E-state index in [0.29, 0.717) is 18.7 Å². The first kappa shape index (κ1) is 17.2. The number of piperazine rings is 1. The minimum absolute atomic E-state index is 0.226. The molecule has 23 heavy (non-hydrogen) atoms. The molecule has 3 rings (SSSR count). The molecule has 3 fully saturated rings. The van der Waals surface area contributed by atoms with Gasteiger partial charge in [-0.3, -0.25) is 14.6 Å². The third kappa shape index (κ3) is 5.73. The van der Waals surface area contributed by atoms with Crippen molar-refractivity contribution < 1.29 is 9.53 Å². The molecule has 1 atom stereocenters. The Morgan fingerprint density at radius 3 is 2.26 bits per heavy atom. The lowest BCUT2D eigenvalue weighted by molar-refractivity contribution is -0.123. The fourth-order valence-corrected chi connectivity index (χ4v) is 4.11. The summed E-state index contributed by atoms with van der Waals surface area (Å²) in [5.74, 6) is 0.226. The van der Waals surface area contributed by atoms with Crippen molar-refractivity contribution in [1.82, 2.24) is 15.1 Å². The first-order chi connectivity index (χ1) is 11.3. The van der Waals surface area contributed by atoms with Crippen LogP contribution in [-0.4, -0.2) is 73.7 Å². The van der Waals surface area contributed by atoms with Crippen molar-refractivity contribution in [2.45, 2.75) is 63.5 Å². The number of carbonyl (C=O) groups is 1. The molecule has 1 amide bonds. The molecule has 0 radical (unpaired) electrons. The van der Waals surface area contributed by atoms with Crippen LogP contribution >= 0.6 is 0 Å². The average molecular weight is 323 g/mol. The van der Waals surface area contributed by atoms with Gasteiger partial charge >= 0.3 is 0 Å². The number of rotatable bonds is 5. The van der Waals surface area contributed by atoms with Gasteiger partial charge in [-0.1, -0.05) is 25.7 Å². The first-order valence-corrected chi connectivity index (χ1v) is 9.65. The van der Waals surface area contributed by atoms with Crippen molar-refractivity contribution in [1.29, 1.82) is 0 Å². The lowest BCUT2D eigenvalue weighted by atomic mass is 10.1. The molecule has 1 aliphatic carbocycles. The zero-order valence-electron chi connectivity index (χ0n) is 14.5. The maximum atomic E-state index is 12.3. The first-order valence-electron chi connectivity index (χ1n) is 9.65. The zero-order valence-corrected chi connectivity index (χ0v) is 14.5. The summed E-state index contributed by atoms with van der Waals surface area (Å²) in [6.07, 6.45) is 10.4. The minimum Gasteiger partial charge on any atom is -0.377 e. The van der Waals surface area contributed by atoms with E-state index < -0.39 is 0 Å². The van der Waals surface area contributed by atoms with Crippen molar-refractivity contribution >= 4 is 5.91 Å². The van der Waals surface area contributed by atoms with Crippen LogP contribution in [0.2, 0.25) is 0 Å². The third-order valence-corrected chi connectivity index (χ3v) is 5.54. The number of nitrogens with zero attached hydrogens (tertiary/aromatic N) is 2. The fraction of sp³-hybridized carbons (Fsp3) is 0.944. The molecular weight excluding hydrogens is 290 g/mol. The highest BCUT2D eigenvalue weighted by atomic mass is 16.5. The predicted octanol–water partition coefficient (Wildman–Crippen LogP) is 1.62. The fourth-order valence-electron chi connectivity index (χ4n) is 4.11. The van der Waals surface area contributed by atoms with Crippen LogP contribution in [0.15, 0.2) is 0 Å². The molecule has 3 aliphatic rings. The van der Waals surface area contributed by atoms with E-state index in [4.69, 9.17) is 4.74 Å². The highest BCUT2D eigenvalue weighted by Gasteiger charge is 2.24. The number of hydrogen-bond donors (Lipinski definition) is 1. The Hall–Kier alpha value is -0.650. The van der Waals surface area contributed by atoms with Crippen LogP contribution in [0.25, 0.3) is 0 Å². The highest BCUT2D eigenvalue weighted by molar-refractivity contribution is 5.78. The van der Waals surface area contributed by atoms with Crippen LogP contribution in [0.5, 0.6) is 0 Å². The van der Waals surface area contributed by atoms with Gasteiger partial charge in [-0.05, 0) is 25.7 Å². The van der Waals surface area contributed by atoms with Crippen LogP contribution in [0.1, 0.15) is 51.4 Å². The molecule has 132 valence electrons. The van der Waals surface area contributed by atoms with Gasteiger partial charge in [0.25, 0.3) is 0 Å². The Bertz CT molecular complexity index is 355. The van der Waals surface area contributed by atoms with Gasteiger partial charge in [0.15, 0.2) is 0 Å². The number of nitrogens with one attached hydrogen (secondary N) is 1. The van der Waals surface area contributed by atoms with E-state index in [9.17, 15) is 4.79 Å². The second-order valence-electron chi connectivity index (χ2n) is 7.47. The van der Waals surface area contributed by atoms with Gasteiger partial charge in [-0.25, -0.2) is 0 Å². The molecule has 1 saturated carbocycles. The van der Waals surface area contributed by atoms with Crippen molar-refractivity contribution in [3.05, 3.63) is 0 Å². The number of ether oxygens (including phenoxy) is 1. The Labute approximate surface area is 140 Å². The summed E-state index contributed by atoms with van der Waals surface area (Å²) in [4.78, 5) is 17.1. The molecule has 1 N–H and O–H groups in total. The lowest BCUT2D eigenvalue weighted by Gasteiger charge is -2.35. The van der Waals surface area contributed by atoms with Gasteiger partial charge in [0.1, 0.15) is 0 Å². The van der Waals surface area contributed by atoms with Gasteiger partial charge in [0.05, 0.1) is 12.6 Å². The quantitative estimate of drug-likeness (QED) is 0.781. The monoisotopic (exact) mass is 323 g/mol. The molecule has 5 heteroatoms. The Morgan fingerprint density at radius 2 is 1.61 bits per heavy atom. The molecule has 2 heterocycles. The zero-order chi connectivity index (χ0) is 15.9. The van der Waals surface area contributed by atoms with Gasteiger partial charge in [-0.2, -0.15) is 0 Å². The maximum Gasteiger partial charge on any atom is 0.234 e. The van der Waals surface area contributed by atoms with E-state index in [0.717, 1.165) is 39.3 Å². The molecule has 5 nitrogen and oxygen atoms in total. The second kappa shape index (κ2) is 9.00. The van der Waals surface area contributed by atoms with E-state index in [1.807, 2.05) is 0 Å². The molecule has 0 aromatic rings. The Morgan fingerprint density at radius 1 is 0.913 bits per heavy atom. The molecule has 0 aromatic carbocycles. The summed E-state index contributed by atoms with van der Waals surface area (Å²) in [5.41, 5.74) is 0. The Kier molecular flexibility index (Phi) is 6.72. The van der Waals surface area contributed by atoms with Gasteiger partial charge < -0.3 is 10.1 Å². The van der Waals surface area contributed by atoms with Crippen LogP contribution in [0, 0.1) is 0 Å². The second-order valence-corrected chi connectivity index (χ2v) is 7.47. The Balaban J connectivity index is 1.32. The van der Waals surface area contributed by atoms with E-state index in [1.54, 1.807) is 0 Å². The van der Waals surface area contributed by atoms with Crippen molar-refractivity contribution in [3.63, 3.8) is 0 Å². The van der Waals surface area contributed by atoms with E-state index >= 15 is 0 Å². The van der Waals surface area contributed by atoms with Crippen molar-refractivity contribution in [3.8, 4) is 0 Å². The number of hydrogen-bond acceptors (Lipinski definition) is 4. The largest absolute Gasteiger partial charge is 0.377 e. The summed E-state index contributed by atoms with van der Waals surface area (Å²) < 4.78 is 5.72. The molecule has 0 aromatic heterocycles. The van der Waals surface area contributed by atoms with Gasteiger partial charge in [-0.15, -0.1) is 0 Å². The molecule has 1 unspecified atom stereocenters. The predicted molar refractivity (Wildman–Crippen MR) is 91.5 cm³/mol. The van der Waals surface area contributed by atoms with E-state index in [2.05, 4.69) is 15.1 Å². The van der Waals surface area contributed by atoms with E-state index in [-0.39, 0.29) is 5.91 Å². The third-order valence-electron chi connectivity index (χ3n) is 5.54. The summed E-state index contributed by atoms with van der Waals surface area (Å²) >= 11 is 0. The minimum atomic E-state index is 0.226. The van der Waals surface area contributed by atoms with Gasteiger partial charge in [0.2, 0.25) is 5.91 Å². The molecule has 2 saturated heterocycles. The van der Waals surface area contributed by atoms with Crippen molar-refractivity contribution in [2.24, 2.45) is 0 Å². The molecule has 0 spiro atoms. The molecule has 2 aliphatic heterocycles. The van der Waals surface area contributed by atoms with Crippen LogP contribution in [0.4, 0.5) is 0 Å². The van der Waals surface area contributed by atoms with Gasteiger partial charge in [0, 0.05) is 45.4 Å². The molecule has 0 bridgehead atoms. The SMILES string of the molecule is O=C(CN1CCN(CC2CCCO2)CC1)NC1CCCCCC1. The standard InChI is InChI=1S/C18H33N3O2/c22-18(19-16-6-3-1-2-4-7-16)15-21-11-9-20(10-12-21)14-17-8-5-13-23-17/h16-17H,1-15H2,(H,19,22). The highest BCUT2D eigenvalue weighted by Crippen LogP contribution is 2.17. The number of carbonyl (C=O) groups excluding carboxylic acids is 1. The van der Waals surface area contributed by atoms with Crippen LogP contribution in [-0.2, 0) is 9.53 Å². The average Bonchev–Trinajstić information content (AvgIpc) is 2.92. The van der Waals surface area contributed by atoms with Crippen LogP contribution in [0.3, 0.4) is 0 Å². The van der Waals surface area contributed by atoms with Crippen molar-refractivity contribution in [2.75, 3.05) is 45.9 Å². The topological polar surface area (TPSA) is 44.8 Å². The lowest BCUT2D eigenvalue weighted by Crippen LogP contribution is -2.51.